The van der Waals surface area contributed by atoms with Crippen LogP contribution in [0.2, 0.25) is 0 Å². The van der Waals surface area contributed by atoms with Gasteiger partial charge in [-0.15, -0.1) is 11.3 Å². The summed E-state index contributed by atoms with van der Waals surface area (Å²) in [6.45, 7) is 3.06. The Kier molecular flexibility index (Phi) is 4.65. The van der Waals surface area contributed by atoms with E-state index in [9.17, 15) is 4.79 Å². The van der Waals surface area contributed by atoms with Crippen LogP contribution in [0.15, 0.2) is 29.9 Å². The predicted octanol–water partition coefficient (Wildman–Crippen LogP) is 2.31. The fourth-order valence-corrected chi connectivity index (χ4v) is 3.41. The third-order valence-corrected chi connectivity index (χ3v) is 4.55. The lowest BCUT2D eigenvalue weighted by atomic mass is 10.1. The standard InChI is InChI=1S/C15H18N4O2S/c20-15(21)13-7-17-14(8-16-13)18-11-3-1-5-19(9-11)10-12-4-2-6-22-12/h2,4,6-8,11H,1,3,5,9-10H2,(H,17,18)(H,20,21). The predicted molar refractivity (Wildman–Crippen MR) is 85.2 cm³/mol. The molecule has 2 aromatic rings. The molecule has 0 saturated carbocycles. The van der Waals surface area contributed by atoms with E-state index in [0.29, 0.717) is 11.9 Å². The molecule has 0 aliphatic carbocycles. The van der Waals surface area contributed by atoms with Gasteiger partial charge in [0.1, 0.15) is 5.82 Å². The molecule has 7 heteroatoms. The van der Waals surface area contributed by atoms with Gasteiger partial charge in [-0.05, 0) is 30.8 Å². The van der Waals surface area contributed by atoms with Gasteiger partial charge in [-0.1, -0.05) is 6.07 Å². The molecule has 1 atom stereocenters. The second-order valence-corrected chi connectivity index (χ2v) is 6.42. The Balaban J connectivity index is 1.56. The molecule has 2 aromatic heterocycles. The Morgan fingerprint density at radius 2 is 2.36 bits per heavy atom. The van der Waals surface area contributed by atoms with Gasteiger partial charge in [-0.3, -0.25) is 4.90 Å². The number of aromatic carboxylic acids is 1. The number of hydrogen-bond acceptors (Lipinski definition) is 6. The quantitative estimate of drug-likeness (QED) is 0.881. The fourth-order valence-electron chi connectivity index (χ4n) is 2.66. The van der Waals surface area contributed by atoms with E-state index in [1.807, 2.05) is 0 Å². The number of piperidine rings is 1. The topological polar surface area (TPSA) is 78.3 Å². The van der Waals surface area contributed by atoms with Gasteiger partial charge in [0.15, 0.2) is 5.69 Å². The number of carboxylic acids is 1. The number of thiophene rings is 1. The zero-order chi connectivity index (χ0) is 15.4. The summed E-state index contributed by atoms with van der Waals surface area (Å²) in [5.41, 5.74) is -0.0338. The first-order chi connectivity index (χ1) is 10.7. The van der Waals surface area contributed by atoms with E-state index in [0.717, 1.165) is 32.5 Å². The van der Waals surface area contributed by atoms with Crippen molar-refractivity contribution in [3.63, 3.8) is 0 Å². The van der Waals surface area contributed by atoms with Crippen molar-refractivity contribution in [3.05, 3.63) is 40.5 Å². The average molecular weight is 318 g/mol. The van der Waals surface area contributed by atoms with Gasteiger partial charge in [-0.25, -0.2) is 14.8 Å². The molecule has 2 N–H and O–H groups in total. The van der Waals surface area contributed by atoms with Crippen molar-refractivity contribution in [2.45, 2.75) is 25.4 Å². The Labute approximate surface area is 132 Å². The van der Waals surface area contributed by atoms with Crippen LogP contribution in [0.4, 0.5) is 5.82 Å². The molecule has 0 bridgehead atoms. The first kappa shape index (κ1) is 14.9. The molecule has 0 aromatic carbocycles. The van der Waals surface area contributed by atoms with Crippen LogP contribution < -0.4 is 5.32 Å². The molecule has 3 heterocycles. The Morgan fingerprint density at radius 1 is 1.45 bits per heavy atom. The normalized spacial score (nSPS) is 19.0. The minimum Gasteiger partial charge on any atom is -0.476 e. The summed E-state index contributed by atoms with van der Waals surface area (Å²) in [7, 11) is 0. The molecule has 1 aliphatic rings. The molecule has 1 unspecified atom stereocenters. The molecule has 0 amide bonds. The largest absolute Gasteiger partial charge is 0.476 e. The molecule has 3 rings (SSSR count). The molecule has 0 radical (unpaired) electrons. The Morgan fingerprint density at radius 3 is 3.05 bits per heavy atom. The molecule has 1 saturated heterocycles. The first-order valence-electron chi connectivity index (χ1n) is 7.27. The number of nitrogens with one attached hydrogen (secondary N) is 1. The van der Waals surface area contributed by atoms with Crippen molar-refractivity contribution < 1.29 is 9.90 Å². The van der Waals surface area contributed by atoms with Crippen molar-refractivity contribution in [1.82, 2.24) is 14.9 Å². The van der Waals surface area contributed by atoms with E-state index < -0.39 is 5.97 Å². The lowest BCUT2D eigenvalue weighted by molar-refractivity contribution is 0.0690. The van der Waals surface area contributed by atoms with Crippen LogP contribution >= 0.6 is 11.3 Å². The summed E-state index contributed by atoms with van der Waals surface area (Å²) in [5, 5.41) is 14.3. The number of carboxylic acid groups (broad SMARTS) is 1. The summed E-state index contributed by atoms with van der Waals surface area (Å²) in [6.07, 6.45) is 5.01. The smallest absolute Gasteiger partial charge is 0.356 e. The van der Waals surface area contributed by atoms with Gasteiger partial charge >= 0.3 is 5.97 Å². The Bertz CT molecular complexity index is 615. The molecule has 1 aliphatic heterocycles. The van der Waals surface area contributed by atoms with Crippen molar-refractivity contribution in [1.29, 1.82) is 0 Å². The molecule has 116 valence electrons. The molecule has 6 nitrogen and oxygen atoms in total. The van der Waals surface area contributed by atoms with Crippen LogP contribution in [0.25, 0.3) is 0 Å². The summed E-state index contributed by atoms with van der Waals surface area (Å²) >= 11 is 1.79. The molecule has 1 fully saturated rings. The highest BCUT2D eigenvalue weighted by Crippen LogP contribution is 2.18. The molecule has 0 spiro atoms. The first-order valence-corrected chi connectivity index (χ1v) is 8.15. The van der Waals surface area contributed by atoms with E-state index in [-0.39, 0.29) is 5.69 Å². The van der Waals surface area contributed by atoms with Gasteiger partial charge < -0.3 is 10.4 Å². The van der Waals surface area contributed by atoms with Crippen LogP contribution in [-0.2, 0) is 6.54 Å². The summed E-state index contributed by atoms with van der Waals surface area (Å²) < 4.78 is 0. The van der Waals surface area contributed by atoms with Gasteiger partial charge in [0.25, 0.3) is 0 Å². The lowest BCUT2D eigenvalue weighted by Crippen LogP contribution is -2.41. The summed E-state index contributed by atoms with van der Waals surface area (Å²) in [6, 6.07) is 4.57. The number of carbonyl (C=O) groups is 1. The minimum atomic E-state index is -1.06. The lowest BCUT2D eigenvalue weighted by Gasteiger charge is -2.33. The van der Waals surface area contributed by atoms with E-state index in [1.54, 1.807) is 11.3 Å². The van der Waals surface area contributed by atoms with Crippen LogP contribution in [0.5, 0.6) is 0 Å². The SMILES string of the molecule is O=C(O)c1cnc(NC2CCCN(Cc3cccs3)C2)cn1. The third kappa shape index (κ3) is 3.80. The number of aromatic nitrogens is 2. The number of hydrogen-bond donors (Lipinski definition) is 2. The van der Waals surface area contributed by atoms with E-state index >= 15 is 0 Å². The average Bonchev–Trinajstić information content (AvgIpc) is 3.01. The number of nitrogens with zero attached hydrogens (tertiary/aromatic N) is 3. The van der Waals surface area contributed by atoms with Gasteiger partial charge in [0.2, 0.25) is 0 Å². The minimum absolute atomic E-state index is 0.0338. The Hall–Kier alpha value is -1.99. The highest BCUT2D eigenvalue weighted by molar-refractivity contribution is 7.09. The maximum absolute atomic E-state index is 10.8. The zero-order valence-corrected chi connectivity index (χ0v) is 12.9. The van der Waals surface area contributed by atoms with Gasteiger partial charge in [-0.2, -0.15) is 0 Å². The molecule has 22 heavy (non-hydrogen) atoms. The second kappa shape index (κ2) is 6.85. The van der Waals surface area contributed by atoms with E-state index in [4.69, 9.17) is 5.11 Å². The maximum atomic E-state index is 10.8. The van der Waals surface area contributed by atoms with E-state index in [1.165, 1.54) is 17.3 Å². The van der Waals surface area contributed by atoms with Crippen LogP contribution in [-0.4, -0.2) is 45.1 Å². The number of rotatable bonds is 5. The van der Waals surface area contributed by atoms with Crippen LogP contribution in [0.1, 0.15) is 28.2 Å². The monoisotopic (exact) mass is 318 g/mol. The van der Waals surface area contributed by atoms with Crippen molar-refractivity contribution in [2.75, 3.05) is 18.4 Å². The van der Waals surface area contributed by atoms with Gasteiger partial charge in [0.05, 0.1) is 12.4 Å². The van der Waals surface area contributed by atoms with E-state index in [2.05, 4.69) is 37.7 Å². The highest BCUT2D eigenvalue weighted by Gasteiger charge is 2.20. The molecular formula is C15H18N4O2S. The zero-order valence-electron chi connectivity index (χ0n) is 12.1. The van der Waals surface area contributed by atoms with Gasteiger partial charge in [0, 0.05) is 24.0 Å². The number of anilines is 1. The summed E-state index contributed by atoms with van der Waals surface area (Å²) in [4.78, 5) is 22.6. The highest BCUT2D eigenvalue weighted by atomic mass is 32.1. The molecular weight excluding hydrogens is 300 g/mol. The summed E-state index contributed by atoms with van der Waals surface area (Å²) in [5.74, 6) is -0.424. The van der Waals surface area contributed by atoms with Crippen LogP contribution in [0, 0.1) is 0 Å². The maximum Gasteiger partial charge on any atom is 0.356 e. The van der Waals surface area contributed by atoms with Crippen LogP contribution in [0.3, 0.4) is 0 Å². The van der Waals surface area contributed by atoms with Crippen molar-refractivity contribution >= 4 is 23.1 Å². The van der Waals surface area contributed by atoms with Crippen molar-refractivity contribution in [2.24, 2.45) is 0 Å². The fraction of sp³-hybridized carbons (Fsp3) is 0.400. The third-order valence-electron chi connectivity index (χ3n) is 3.69. The van der Waals surface area contributed by atoms with Crippen molar-refractivity contribution in [3.8, 4) is 0 Å². The second-order valence-electron chi connectivity index (χ2n) is 5.39. The number of likely N-dealkylation sites (tertiary alicyclic amines) is 1.